The van der Waals surface area contributed by atoms with Crippen LogP contribution in [0.4, 0.5) is 0 Å². The molecule has 0 amide bonds. The van der Waals surface area contributed by atoms with Crippen LogP contribution in [-0.2, 0) is 5.41 Å². The molecule has 4 aromatic rings. The van der Waals surface area contributed by atoms with Gasteiger partial charge in [-0.2, -0.15) is 0 Å². The van der Waals surface area contributed by atoms with E-state index in [1.165, 1.54) is 62.1 Å². The average Bonchev–Trinajstić information content (AvgIpc) is 3.27. The Morgan fingerprint density at radius 2 is 0.844 bits per heavy atom. The summed E-state index contributed by atoms with van der Waals surface area (Å²) >= 11 is 0. The molecule has 0 N–H and O–H groups in total. The Bertz CT molecular complexity index is 1160. The van der Waals surface area contributed by atoms with Crippen LogP contribution >= 0.6 is 0 Å². The summed E-state index contributed by atoms with van der Waals surface area (Å²) in [7, 11) is 0. The molecule has 0 saturated heterocycles. The van der Waals surface area contributed by atoms with E-state index in [-0.39, 0.29) is 5.41 Å². The average molecular weight is 419 g/mol. The van der Waals surface area contributed by atoms with Gasteiger partial charge in [0.25, 0.3) is 0 Å². The van der Waals surface area contributed by atoms with Gasteiger partial charge in [-0.1, -0.05) is 130 Å². The quantitative estimate of drug-likeness (QED) is 0.231. The van der Waals surface area contributed by atoms with Crippen molar-refractivity contribution in [3.05, 3.63) is 118 Å². The molecule has 0 fully saturated rings. The van der Waals surface area contributed by atoms with Gasteiger partial charge < -0.3 is 0 Å². The zero-order chi connectivity index (χ0) is 22.9. The molecular weight excluding hydrogens is 384 g/mol. The Kier molecular flexibility index (Phi) is 6.07. The predicted octanol–water partition coefficient (Wildman–Crippen LogP) is 9.09. The zero-order valence-corrected chi connectivity index (χ0v) is 20.3. The fraction of sp³-hybridized carbons (Fsp3) is 0.250. The maximum Gasteiger partial charge on any atom is 0.0725 e. The highest BCUT2D eigenvalue weighted by Gasteiger charge is 2.51. The van der Waals surface area contributed by atoms with Gasteiger partial charge >= 0.3 is 0 Å². The van der Waals surface area contributed by atoms with E-state index >= 15 is 0 Å². The van der Waals surface area contributed by atoms with Gasteiger partial charge in [-0.25, -0.2) is 0 Å². The lowest BCUT2D eigenvalue weighted by Crippen LogP contribution is -2.26. The second-order valence-corrected chi connectivity index (χ2v) is 8.65. The number of aryl methyl sites for hydroxylation is 2. The summed E-state index contributed by atoms with van der Waals surface area (Å²) in [6.45, 7) is 12.7. The van der Waals surface area contributed by atoms with Crippen molar-refractivity contribution in [2.75, 3.05) is 0 Å². The molecule has 4 aromatic carbocycles. The molecule has 0 bridgehead atoms. The molecular formula is C32H34. The van der Waals surface area contributed by atoms with Crippen LogP contribution in [0.5, 0.6) is 0 Å². The smallest absolute Gasteiger partial charge is 0.0683 e. The number of hydrogen-bond donors (Lipinski definition) is 0. The molecule has 162 valence electrons. The third kappa shape index (κ3) is 3.05. The summed E-state index contributed by atoms with van der Waals surface area (Å²) in [5.41, 5.74) is 13.6. The van der Waals surface area contributed by atoms with E-state index in [1.807, 2.05) is 13.8 Å². The third-order valence-corrected chi connectivity index (χ3v) is 6.40. The van der Waals surface area contributed by atoms with Crippen molar-refractivity contribution < 1.29 is 0 Å². The molecule has 1 spiro atoms. The zero-order valence-electron chi connectivity index (χ0n) is 20.3. The maximum absolute atomic E-state index is 2.41. The van der Waals surface area contributed by atoms with Crippen molar-refractivity contribution in [2.24, 2.45) is 0 Å². The van der Waals surface area contributed by atoms with Gasteiger partial charge in [0, 0.05) is 0 Å². The van der Waals surface area contributed by atoms with Crippen molar-refractivity contribution >= 4 is 0 Å². The normalized spacial score (nSPS) is 13.1. The number of rotatable bonds is 0. The summed E-state index contributed by atoms with van der Waals surface area (Å²) in [5.74, 6) is 0. The topological polar surface area (TPSA) is 0 Å². The van der Waals surface area contributed by atoms with Crippen LogP contribution in [0.3, 0.4) is 0 Å². The molecule has 0 heterocycles. The molecule has 0 heteroatoms. The van der Waals surface area contributed by atoms with Crippen LogP contribution in [0.1, 0.15) is 67.5 Å². The maximum atomic E-state index is 2.41. The van der Waals surface area contributed by atoms with E-state index in [9.17, 15) is 0 Å². The Morgan fingerprint density at radius 1 is 0.500 bits per heavy atom. The minimum Gasteiger partial charge on any atom is -0.0683 e. The molecule has 32 heavy (non-hydrogen) atoms. The lowest BCUT2D eigenvalue weighted by Gasteiger charge is -2.30. The largest absolute Gasteiger partial charge is 0.0725 e. The van der Waals surface area contributed by atoms with Crippen LogP contribution in [0.15, 0.2) is 84.9 Å². The lowest BCUT2D eigenvalue weighted by atomic mass is 9.70. The highest BCUT2D eigenvalue weighted by atomic mass is 14.5. The van der Waals surface area contributed by atoms with Crippen LogP contribution in [0.2, 0.25) is 0 Å². The van der Waals surface area contributed by atoms with E-state index in [0.717, 1.165) is 0 Å². The highest BCUT2D eigenvalue weighted by molar-refractivity contribution is 5.95. The number of benzene rings is 4. The van der Waals surface area contributed by atoms with Gasteiger partial charge in [-0.15, -0.1) is 0 Å². The first-order chi connectivity index (χ1) is 15.6. The van der Waals surface area contributed by atoms with E-state index in [0.29, 0.717) is 0 Å². The van der Waals surface area contributed by atoms with E-state index < -0.39 is 0 Å². The van der Waals surface area contributed by atoms with Crippen LogP contribution in [0.25, 0.3) is 22.3 Å². The Labute approximate surface area is 194 Å². The van der Waals surface area contributed by atoms with E-state index in [2.05, 4.69) is 113 Å². The van der Waals surface area contributed by atoms with Crippen LogP contribution < -0.4 is 0 Å². The summed E-state index contributed by atoms with van der Waals surface area (Å²) in [6.07, 6.45) is 1.25. The summed E-state index contributed by atoms with van der Waals surface area (Å²) in [4.78, 5) is 0. The highest BCUT2D eigenvalue weighted by Crippen LogP contribution is 2.62. The van der Waals surface area contributed by atoms with Crippen molar-refractivity contribution in [3.63, 3.8) is 0 Å². The van der Waals surface area contributed by atoms with E-state index in [1.54, 1.807) is 0 Å². The summed E-state index contributed by atoms with van der Waals surface area (Å²) < 4.78 is 0. The summed E-state index contributed by atoms with van der Waals surface area (Å²) in [6, 6.07) is 31.9. The van der Waals surface area contributed by atoms with Gasteiger partial charge in [-0.3, -0.25) is 0 Å². The Balaban J connectivity index is 0.000000455. The van der Waals surface area contributed by atoms with Crippen molar-refractivity contribution in [3.8, 4) is 22.3 Å². The number of hydrogen-bond acceptors (Lipinski definition) is 0. The van der Waals surface area contributed by atoms with Gasteiger partial charge in [-0.05, 0) is 58.4 Å². The van der Waals surface area contributed by atoms with Gasteiger partial charge in [0.1, 0.15) is 0 Å². The molecule has 0 aliphatic heterocycles. The van der Waals surface area contributed by atoms with Gasteiger partial charge in [0.05, 0.1) is 5.41 Å². The van der Waals surface area contributed by atoms with Crippen molar-refractivity contribution in [1.82, 2.24) is 0 Å². The molecule has 0 saturated carbocycles. The van der Waals surface area contributed by atoms with Gasteiger partial charge in [0.2, 0.25) is 0 Å². The second kappa shape index (κ2) is 8.79. The minimum absolute atomic E-state index is 0.199. The van der Waals surface area contributed by atoms with Gasteiger partial charge in [0.15, 0.2) is 0 Å². The van der Waals surface area contributed by atoms with E-state index in [4.69, 9.17) is 0 Å². The monoisotopic (exact) mass is 418 g/mol. The molecule has 0 nitrogen and oxygen atoms in total. The SMILES string of the molecule is CC.CCC.Cc1ccc2c(c1)C1(c3ccccc3-c3ccccc31)c1cc(C)ccc1-2. The molecule has 0 aromatic heterocycles. The van der Waals surface area contributed by atoms with Crippen LogP contribution in [-0.4, -0.2) is 0 Å². The van der Waals surface area contributed by atoms with Crippen molar-refractivity contribution in [1.29, 1.82) is 0 Å². The third-order valence-electron chi connectivity index (χ3n) is 6.40. The first kappa shape index (κ1) is 22.1. The first-order valence-electron chi connectivity index (χ1n) is 12.0. The summed E-state index contributed by atoms with van der Waals surface area (Å²) in [5, 5.41) is 0. The number of fused-ring (bicyclic) bond motifs is 10. The molecule has 6 rings (SSSR count). The molecule has 0 radical (unpaired) electrons. The molecule has 2 aliphatic carbocycles. The van der Waals surface area contributed by atoms with Crippen molar-refractivity contribution in [2.45, 2.75) is 53.4 Å². The standard InChI is InChI=1S/C27H20.C3H8.C2H6/c1-17-11-13-21-22-14-12-18(2)16-26(22)27(25(21)15-17)23-9-5-3-7-19(23)20-8-4-6-10-24(20)27;1-3-2;1-2/h3-16H,1-2H3;3H2,1-2H3;1-2H3. The fourth-order valence-corrected chi connectivity index (χ4v) is 5.37. The molecule has 0 unspecified atom stereocenters. The molecule has 0 atom stereocenters. The Hall–Kier alpha value is -3.12. The fourth-order valence-electron chi connectivity index (χ4n) is 5.37. The second-order valence-electron chi connectivity index (χ2n) is 8.65. The van der Waals surface area contributed by atoms with Crippen LogP contribution in [0, 0.1) is 13.8 Å². The lowest BCUT2D eigenvalue weighted by molar-refractivity contribution is 0.791. The first-order valence-corrected chi connectivity index (χ1v) is 12.0. The molecule has 2 aliphatic rings. The Morgan fingerprint density at radius 3 is 1.25 bits per heavy atom. The minimum atomic E-state index is -0.199. The predicted molar refractivity (Wildman–Crippen MR) is 140 cm³/mol.